The molecule has 1 fully saturated rings. The van der Waals surface area contributed by atoms with E-state index in [0.717, 1.165) is 16.2 Å². The molecule has 5 N–H and O–H groups in total. The molecule has 1 saturated heterocycles. The average Bonchev–Trinajstić information content (AvgIpc) is 3.49. The predicted molar refractivity (Wildman–Crippen MR) is 123 cm³/mol. The standard InChI is InChI=1S/C19H19N7O7S2/c1-8(27)32-3-9-5-34-17-13(16(29)26(17)14(9)18(30)31)24-15(28)12(11-6-35-19(20)23-11)25-33-4-10-2-21-7-22-10/h2,6-7,13,17H,3-5H2,1H3,(H2,20,23)(H,21,22)(H,24,28)(H,30,31)/b25-12+/t13-,17-/m1/s1. The van der Waals surface area contributed by atoms with Crippen molar-refractivity contribution in [2.45, 2.75) is 24.9 Å². The van der Waals surface area contributed by atoms with Gasteiger partial charge in [0.1, 0.15) is 29.4 Å². The first-order valence-corrected chi connectivity index (χ1v) is 11.9. The van der Waals surface area contributed by atoms with Gasteiger partial charge in [0.2, 0.25) is 0 Å². The molecule has 0 aliphatic carbocycles. The highest BCUT2D eigenvalue weighted by Crippen LogP contribution is 2.40. The maximum Gasteiger partial charge on any atom is 0.352 e. The molecule has 0 unspecified atom stereocenters. The van der Waals surface area contributed by atoms with Gasteiger partial charge in [-0.3, -0.25) is 19.3 Å². The fraction of sp³-hybridized carbons (Fsp3) is 0.316. The zero-order valence-electron chi connectivity index (χ0n) is 18.1. The SMILES string of the molecule is CC(=O)OCC1=C(C(=O)O)N2C(=O)[C@@H](NC(=O)/C(=N/OCc3cnc[nH]3)c3csc(N)n3)[C@H]2SC1. The van der Waals surface area contributed by atoms with Crippen molar-refractivity contribution in [2.24, 2.45) is 5.16 Å². The van der Waals surface area contributed by atoms with E-state index in [1.165, 1.54) is 36.6 Å². The summed E-state index contributed by atoms with van der Waals surface area (Å²) in [5, 5.41) is 17.2. The quantitative estimate of drug-likeness (QED) is 0.146. The zero-order chi connectivity index (χ0) is 25.1. The summed E-state index contributed by atoms with van der Waals surface area (Å²) in [7, 11) is 0. The van der Waals surface area contributed by atoms with Crippen LogP contribution in [0.25, 0.3) is 0 Å². The van der Waals surface area contributed by atoms with Crippen LogP contribution in [0, 0.1) is 0 Å². The second-order valence-electron chi connectivity index (χ2n) is 7.26. The molecule has 4 rings (SSSR count). The molecule has 2 atom stereocenters. The molecule has 184 valence electrons. The summed E-state index contributed by atoms with van der Waals surface area (Å²) in [6.07, 6.45) is 2.99. The van der Waals surface area contributed by atoms with Gasteiger partial charge in [-0.05, 0) is 0 Å². The fourth-order valence-electron chi connectivity index (χ4n) is 3.32. The lowest BCUT2D eigenvalue weighted by Gasteiger charge is -2.49. The molecule has 0 aromatic carbocycles. The number of nitrogen functional groups attached to an aromatic ring is 1. The number of carboxylic acids is 1. The van der Waals surface area contributed by atoms with E-state index < -0.39 is 35.2 Å². The highest BCUT2D eigenvalue weighted by Gasteiger charge is 2.54. The number of β-lactam (4-membered cyclic amide) rings is 1. The molecular formula is C19H19N7O7S2. The van der Waals surface area contributed by atoms with E-state index in [0.29, 0.717) is 11.3 Å². The van der Waals surface area contributed by atoms with Crippen molar-refractivity contribution >= 4 is 57.7 Å². The number of carboxylic acid groups (broad SMARTS) is 1. The number of fused-ring (bicyclic) bond motifs is 1. The maximum absolute atomic E-state index is 13.0. The summed E-state index contributed by atoms with van der Waals surface area (Å²) in [4.78, 5) is 65.9. The number of ether oxygens (including phenoxy) is 1. The molecule has 35 heavy (non-hydrogen) atoms. The Labute approximate surface area is 205 Å². The van der Waals surface area contributed by atoms with Crippen molar-refractivity contribution in [1.82, 2.24) is 25.2 Å². The number of aliphatic carboxylic acids is 1. The van der Waals surface area contributed by atoms with Crippen molar-refractivity contribution in [3.8, 4) is 0 Å². The summed E-state index contributed by atoms with van der Waals surface area (Å²) in [5.41, 5.74) is 6.29. The van der Waals surface area contributed by atoms with Crippen molar-refractivity contribution in [3.05, 3.63) is 40.6 Å². The van der Waals surface area contributed by atoms with Crippen molar-refractivity contribution in [1.29, 1.82) is 0 Å². The van der Waals surface area contributed by atoms with E-state index in [1.807, 2.05) is 0 Å². The summed E-state index contributed by atoms with van der Waals surface area (Å²) in [6.45, 7) is 0.962. The second-order valence-corrected chi connectivity index (χ2v) is 9.25. The van der Waals surface area contributed by atoms with Crippen molar-refractivity contribution < 1.29 is 33.9 Å². The van der Waals surface area contributed by atoms with Gasteiger partial charge in [-0.15, -0.1) is 23.1 Å². The van der Waals surface area contributed by atoms with Crippen LogP contribution < -0.4 is 11.1 Å². The van der Waals surface area contributed by atoms with Gasteiger partial charge in [0.15, 0.2) is 17.5 Å². The van der Waals surface area contributed by atoms with E-state index in [-0.39, 0.29) is 41.2 Å². The highest BCUT2D eigenvalue weighted by molar-refractivity contribution is 8.00. The number of nitrogens with one attached hydrogen (secondary N) is 2. The van der Waals surface area contributed by atoms with Crippen molar-refractivity contribution in [2.75, 3.05) is 18.1 Å². The molecule has 0 radical (unpaired) electrons. The molecule has 16 heteroatoms. The Balaban J connectivity index is 1.49. The molecule has 0 bridgehead atoms. The smallest absolute Gasteiger partial charge is 0.352 e. The molecule has 2 aromatic heterocycles. The molecule has 0 spiro atoms. The summed E-state index contributed by atoms with van der Waals surface area (Å²) in [5.74, 6) is -3.07. The minimum Gasteiger partial charge on any atom is -0.477 e. The summed E-state index contributed by atoms with van der Waals surface area (Å²) >= 11 is 2.33. The molecule has 2 aromatic rings. The monoisotopic (exact) mass is 521 g/mol. The van der Waals surface area contributed by atoms with Gasteiger partial charge in [-0.2, -0.15) is 0 Å². The van der Waals surface area contributed by atoms with Crippen LogP contribution in [0.5, 0.6) is 0 Å². The Bertz CT molecular complexity index is 1220. The fourth-order valence-corrected chi connectivity index (χ4v) is 5.20. The number of aromatic nitrogens is 3. The topological polar surface area (TPSA) is 202 Å². The Morgan fingerprint density at radius 1 is 1.40 bits per heavy atom. The van der Waals surface area contributed by atoms with E-state index >= 15 is 0 Å². The van der Waals surface area contributed by atoms with Gasteiger partial charge < -0.3 is 30.7 Å². The lowest BCUT2D eigenvalue weighted by molar-refractivity contribution is -0.150. The third-order valence-electron chi connectivity index (χ3n) is 4.90. The van der Waals surface area contributed by atoms with Crippen LogP contribution in [0.15, 0.2) is 34.3 Å². The molecular weight excluding hydrogens is 502 g/mol. The van der Waals surface area contributed by atoms with Crippen LogP contribution in [-0.4, -0.2) is 78.2 Å². The number of H-pyrrole nitrogens is 1. The maximum atomic E-state index is 13.0. The Morgan fingerprint density at radius 3 is 2.83 bits per heavy atom. The van der Waals surface area contributed by atoms with E-state index in [9.17, 15) is 24.3 Å². The lowest BCUT2D eigenvalue weighted by atomic mass is 10.0. The van der Waals surface area contributed by atoms with Crippen LogP contribution in [0.4, 0.5) is 5.13 Å². The number of aromatic amines is 1. The number of hydrogen-bond acceptors (Lipinski definition) is 12. The number of hydrogen-bond donors (Lipinski definition) is 4. The third-order valence-corrected chi connectivity index (χ3v) is 6.91. The van der Waals surface area contributed by atoms with Crippen LogP contribution >= 0.6 is 23.1 Å². The average molecular weight is 522 g/mol. The number of nitrogens with two attached hydrogens (primary N) is 1. The number of anilines is 1. The molecule has 14 nitrogen and oxygen atoms in total. The van der Waals surface area contributed by atoms with Gasteiger partial charge in [0.05, 0.1) is 18.2 Å². The number of amides is 2. The number of nitrogens with zero attached hydrogens (tertiary/aromatic N) is 4. The number of carbonyl (C=O) groups excluding carboxylic acids is 3. The summed E-state index contributed by atoms with van der Waals surface area (Å²) in [6, 6.07) is -1.01. The largest absolute Gasteiger partial charge is 0.477 e. The predicted octanol–water partition coefficient (Wildman–Crippen LogP) is -0.329. The zero-order valence-corrected chi connectivity index (χ0v) is 19.7. The number of carbonyl (C=O) groups is 4. The van der Waals surface area contributed by atoms with Gasteiger partial charge in [-0.1, -0.05) is 5.16 Å². The van der Waals surface area contributed by atoms with E-state index in [4.69, 9.17) is 15.3 Å². The van der Waals surface area contributed by atoms with E-state index in [1.54, 1.807) is 0 Å². The highest BCUT2D eigenvalue weighted by atomic mass is 32.2. The Kier molecular flexibility index (Phi) is 7.02. The van der Waals surface area contributed by atoms with Gasteiger partial charge in [0, 0.05) is 23.6 Å². The number of esters is 1. The van der Waals surface area contributed by atoms with Crippen LogP contribution in [0.1, 0.15) is 18.3 Å². The molecule has 2 amide bonds. The normalized spacial score (nSPS) is 19.6. The van der Waals surface area contributed by atoms with Gasteiger partial charge in [0.25, 0.3) is 11.8 Å². The minimum absolute atomic E-state index is 0.00287. The number of oxime groups is 1. The van der Waals surface area contributed by atoms with Crippen molar-refractivity contribution in [3.63, 3.8) is 0 Å². The first-order chi connectivity index (χ1) is 16.8. The summed E-state index contributed by atoms with van der Waals surface area (Å²) < 4.78 is 4.91. The van der Waals surface area contributed by atoms with Crippen LogP contribution in [-0.2, 0) is 35.4 Å². The Morgan fingerprint density at radius 2 is 2.20 bits per heavy atom. The van der Waals surface area contributed by atoms with Gasteiger partial charge >= 0.3 is 11.9 Å². The molecule has 2 aliphatic heterocycles. The lowest BCUT2D eigenvalue weighted by Crippen LogP contribution is -2.71. The molecule has 0 saturated carbocycles. The third kappa shape index (κ3) is 5.12. The minimum atomic E-state index is -1.33. The van der Waals surface area contributed by atoms with Crippen LogP contribution in [0.3, 0.4) is 0 Å². The van der Waals surface area contributed by atoms with E-state index in [2.05, 4.69) is 25.4 Å². The number of thiazole rings is 1. The number of imidazole rings is 1. The number of rotatable bonds is 9. The van der Waals surface area contributed by atoms with Gasteiger partial charge in [-0.25, -0.2) is 14.8 Å². The molecule has 2 aliphatic rings. The number of thioether (sulfide) groups is 1. The van der Waals surface area contributed by atoms with Crippen LogP contribution in [0.2, 0.25) is 0 Å². The first-order valence-electron chi connectivity index (χ1n) is 9.99. The molecule has 4 heterocycles. The Hall–Kier alpha value is -3.92. The second kappa shape index (κ2) is 10.1. The first kappa shape index (κ1) is 24.2.